The van der Waals surface area contributed by atoms with Crippen LogP contribution in [0, 0.1) is 11.3 Å². The van der Waals surface area contributed by atoms with Crippen LogP contribution in [0.5, 0.6) is 0 Å². The first-order valence-electron chi connectivity index (χ1n) is 14.4. The lowest BCUT2D eigenvalue weighted by molar-refractivity contribution is -0.156. The van der Waals surface area contributed by atoms with Gasteiger partial charge in [-0.05, 0) is 78.3 Å². The maximum atomic E-state index is 12.9. The fourth-order valence-electron chi connectivity index (χ4n) is 6.63. The van der Waals surface area contributed by atoms with Gasteiger partial charge in [0.05, 0.1) is 23.1 Å². The third-order valence-electron chi connectivity index (χ3n) is 9.03. The van der Waals surface area contributed by atoms with Gasteiger partial charge in [-0.3, -0.25) is 9.59 Å². The van der Waals surface area contributed by atoms with Crippen LogP contribution in [0.2, 0.25) is 0 Å². The number of carbonyl (C=O) groups excluding carboxylic acids is 1. The molecular weight excluding hydrogens is 613 g/mol. The summed E-state index contributed by atoms with van der Waals surface area (Å²) < 4.78 is 39.8. The summed E-state index contributed by atoms with van der Waals surface area (Å²) in [5.41, 5.74) is 2.25. The monoisotopic (exact) mass is 650 g/mol. The number of hydrogen-bond donors (Lipinski definition) is 2. The first kappa shape index (κ1) is 32.0. The van der Waals surface area contributed by atoms with Gasteiger partial charge < -0.3 is 15.3 Å². The molecule has 228 valence electrons. The Balaban J connectivity index is 1.44. The van der Waals surface area contributed by atoms with Gasteiger partial charge in [0.25, 0.3) is 0 Å². The number of amides is 1. The van der Waals surface area contributed by atoms with E-state index in [1.807, 2.05) is 6.92 Å². The first-order chi connectivity index (χ1) is 19.7. The third-order valence-corrected chi connectivity index (χ3v) is 9.72. The molecule has 0 radical (unpaired) electrons. The number of nitrogens with zero attached hydrogens (tertiary/aromatic N) is 1. The third kappa shape index (κ3) is 6.53. The maximum Gasteiger partial charge on any atom is 0.416 e. The lowest BCUT2D eigenvalue weighted by Gasteiger charge is -2.53. The SMILES string of the molecule is CC(C)c1cc2c(cc1Br)[C@@]1(C)CCC[C@@](C)(C(=O)O)C1C/C2=N\OCCCNC(=O)Cc1cccc(C(F)(F)F)c1. The van der Waals surface area contributed by atoms with Gasteiger partial charge in [-0.15, -0.1) is 0 Å². The smallest absolute Gasteiger partial charge is 0.416 e. The van der Waals surface area contributed by atoms with Gasteiger partial charge in [0, 0.05) is 23.0 Å². The number of carboxylic acid groups (broad SMARTS) is 1. The van der Waals surface area contributed by atoms with Crippen molar-refractivity contribution in [1.82, 2.24) is 5.32 Å². The summed E-state index contributed by atoms with van der Waals surface area (Å²) in [7, 11) is 0. The zero-order valence-corrected chi connectivity index (χ0v) is 26.0. The summed E-state index contributed by atoms with van der Waals surface area (Å²) in [6, 6.07) is 9.03. The highest BCUT2D eigenvalue weighted by Gasteiger charge is 2.56. The number of fused-ring (bicyclic) bond motifs is 3. The molecule has 0 bridgehead atoms. The molecular formula is C32H38BrF3N2O4. The zero-order chi connectivity index (χ0) is 30.9. The molecule has 0 heterocycles. The predicted molar refractivity (Wildman–Crippen MR) is 159 cm³/mol. The van der Waals surface area contributed by atoms with Gasteiger partial charge in [0.2, 0.25) is 5.91 Å². The highest BCUT2D eigenvalue weighted by molar-refractivity contribution is 9.10. The van der Waals surface area contributed by atoms with E-state index in [2.05, 4.69) is 59.3 Å². The Morgan fingerprint density at radius 2 is 1.93 bits per heavy atom. The fourth-order valence-corrected chi connectivity index (χ4v) is 7.43. The lowest BCUT2D eigenvalue weighted by atomic mass is 9.49. The molecule has 2 aliphatic carbocycles. The van der Waals surface area contributed by atoms with Gasteiger partial charge in [0.1, 0.15) is 6.61 Å². The van der Waals surface area contributed by atoms with Crippen LogP contribution in [0.1, 0.15) is 93.5 Å². The van der Waals surface area contributed by atoms with Crippen molar-refractivity contribution in [2.45, 2.75) is 83.7 Å². The quantitative estimate of drug-likeness (QED) is 0.216. The number of alkyl halides is 3. The molecule has 0 aliphatic heterocycles. The molecule has 0 aromatic heterocycles. The number of carbonyl (C=O) groups is 2. The minimum Gasteiger partial charge on any atom is -0.481 e. The fraction of sp³-hybridized carbons (Fsp3) is 0.531. The minimum absolute atomic E-state index is 0.153. The van der Waals surface area contributed by atoms with Crippen molar-refractivity contribution in [3.05, 3.63) is 68.7 Å². The molecule has 1 amide bonds. The molecule has 4 rings (SSSR count). The van der Waals surface area contributed by atoms with Crippen LogP contribution in [-0.4, -0.2) is 35.8 Å². The van der Waals surface area contributed by atoms with Crippen LogP contribution >= 0.6 is 15.9 Å². The molecule has 2 aromatic rings. The van der Waals surface area contributed by atoms with E-state index in [9.17, 15) is 27.9 Å². The average molecular weight is 652 g/mol. The highest BCUT2D eigenvalue weighted by Crippen LogP contribution is 2.58. The molecule has 42 heavy (non-hydrogen) atoms. The second-order valence-electron chi connectivity index (χ2n) is 12.3. The number of carboxylic acids is 1. The molecule has 6 nitrogen and oxygen atoms in total. The Hall–Kier alpha value is -2.88. The summed E-state index contributed by atoms with van der Waals surface area (Å²) in [5.74, 6) is -1.05. The Labute approximate surface area is 253 Å². The van der Waals surface area contributed by atoms with Crippen molar-refractivity contribution in [3.8, 4) is 0 Å². The number of benzene rings is 2. The molecule has 0 spiro atoms. The van der Waals surface area contributed by atoms with Crippen LogP contribution in [-0.2, 0) is 32.4 Å². The number of hydrogen-bond acceptors (Lipinski definition) is 4. The number of halogens is 4. The van der Waals surface area contributed by atoms with Crippen LogP contribution < -0.4 is 5.32 Å². The topological polar surface area (TPSA) is 88.0 Å². The van der Waals surface area contributed by atoms with Crippen molar-refractivity contribution in [2.24, 2.45) is 16.5 Å². The summed E-state index contributed by atoms with van der Waals surface area (Å²) >= 11 is 3.75. The van der Waals surface area contributed by atoms with Crippen molar-refractivity contribution in [3.63, 3.8) is 0 Å². The van der Waals surface area contributed by atoms with Crippen molar-refractivity contribution >= 4 is 33.5 Å². The Kier molecular flexibility index (Phi) is 9.45. The molecule has 1 fully saturated rings. The van der Waals surface area contributed by atoms with E-state index in [0.717, 1.165) is 51.8 Å². The molecule has 10 heteroatoms. The molecule has 1 saturated carbocycles. The Bertz CT molecular complexity index is 1380. The van der Waals surface area contributed by atoms with Crippen LogP contribution in [0.3, 0.4) is 0 Å². The number of nitrogens with one attached hydrogen (secondary N) is 1. The van der Waals surface area contributed by atoms with E-state index in [0.29, 0.717) is 19.3 Å². The van der Waals surface area contributed by atoms with Gasteiger partial charge >= 0.3 is 12.1 Å². The lowest BCUT2D eigenvalue weighted by Crippen LogP contribution is -2.53. The van der Waals surface area contributed by atoms with E-state index >= 15 is 0 Å². The van der Waals surface area contributed by atoms with E-state index in [-0.39, 0.29) is 48.3 Å². The molecule has 1 unspecified atom stereocenters. The van der Waals surface area contributed by atoms with Gasteiger partial charge in [-0.2, -0.15) is 13.2 Å². The van der Waals surface area contributed by atoms with Crippen LogP contribution in [0.25, 0.3) is 0 Å². The van der Waals surface area contributed by atoms with E-state index < -0.39 is 23.1 Å². The average Bonchev–Trinajstić information content (AvgIpc) is 2.90. The summed E-state index contributed by atoms with van der Waals surface area (Å²) in [5, 5.41) is 17.5. The summed E-state index contributed by atoms with van der Waals surface area (Å²) in [6.07, 6.45) is -1.34. The molecule has 0 saturated heterocycles. The van der Waals surface area contributed by atoms with E-state index in [1.54, 1.807) is 0 Å². The number of oxime groups is 1. The Morgan fingerprint density at radius 1 is 1.19 bits per heavy atom. The van der Waals surface area contributed by atoms with E-state index in [1.165, 1.54) is 12.1 Å². The summed E-state index contributed by atoms with van der Waals surface area (Å²) in [4.78, 5) is 30.5. The van der Waals surface area contributed by atoms with Crippen molar-refractivity contribution in [1.29, 1.82) is 0 Å². The molecule has 2 aromatic carbocycles. The normalized spacial score (nSPS) is 24.7. The number of aliphatic carboxylic acids is 1. The Morgan fingerprint density at radius 3 is 2.60 bits per heavy atom. The molecule has 3 atom stereocenters. The second-order valence-corrected chi connectivity index (χ2v) is 13.1. The van der Waals surface area contributed by atoms with E-state index in [4.69, 9.17) is 4.84 Å². The zero-order valence-electron chi connectivity index (χ0n) is 24.4. The van der Waals surface area contributed by atoms with Crippen molar-refractivity contribution in [2.75, 3.05) is 13.2 Å². The first-order valence-corrected chi connectivity index (χ1v) is 15.2. The van der Waals surface area contributed by atoms with Crippen LogP contribution in [0.15, 0.2) is 46.0 Å². The van der Waals surface area contributed by atoms with Gasteiger partial charge in [-0.1, -0.05) is 66.5 Å². The standard InChI is InChI=1S/C32H38BrF3N2O4/c1-19(2)22-16-23-24(17-25(22)33)30(3)10-6-11-31(4,29(40)41)27(30)18-26(23)38-42-13-7-12-37-28(39)15-20-8-5-9-21(14-20)32(34,35)36/h5,8-9,14,16-17,19,27H,6-7,10-13,15,18H2,1-4H3,(H,37,39)(H,40,41)/b38-26+/t27?,30-,31-/m1/s1. The van der Waals surface area contributed by atoms with Crippen molar-refractivity contribution < 1.29 is 32.7 Å². The molecule has 2 N–H and O–H groups in total. The number of rotatable bonds is 9. The van der Waals surface area contributed by atoms with Crippen LogP contribution in [0.4, 0.5) is 13.2 Å². The van der Waals surface area contributed by atoms with Gasteiger partial charge in [0.15, 0.2) is 0 Å². The second kappa shape index (κ2) is 12.4. The largest absolute Gasteiger partial charge is 0.481 e. The van der Waals surface area contributed by atoms with Gasteiger partial charge in [-0.25, -0.2) is 0 Å². The highest BCUT2D eigenvalue weighted by atomic mass is 79.9. The summed E-state index contributed by atoms with van der Waals surface area (Å²) in [6.45, 7) is 8.77. The minimum atomic E-state index is -4.46. The maximum absolute atomic E-state index is 12.9. The molecule has 2 aliphatic rings. The predicted octanol–water partition coefficient (Wildman–Crippen LogP) is 7.61.